The Bertz CT molecular complexity index is 654. The Morgan fingerprint density at radius 1 is 1.43 bits per heavy atom. The number of carboxylic acids is 1. The minimum absolute atomic E-state index is 0.406. The lowest BCUT2D eigenvalue weighted by molar-refractivity contribution is -0.139. The summed E-state index contributed by atoms with van der Waals surface area (Å²) in [5.41, 5.74) is 0.810. The topological polar surface area (TPSA) is 50.2 Å². The number of aliphatic carboxylic acids is 1. The van der Waals surface area contributed by atoms with Crippen molar-refractivity contribution in [2.24, 2.45) is 0 Å². The SMILES string of the molecule is O=C(O)C1CCCc2sc(CSc3ccc(Br)cc3)nc21. The molecule has 1 aliphatic carbocycles. The number of benzene rings is 1. The first-order chi connectivity index (χ1) is 10.1. The summed E-state index contributed by atoms with van der Waals surface area (Å²) in [4.78, 5) is 18.2. The molecule has 1 aromatic carbocycles. The van der Waals surface area contributed by atoms with Crippen molar-refractivity contribution in [2.75, 3.05) is 0 Å². The number of hydrogen-bond acceptors (Lipinski definition) is 4. The zero-order valence-corrected chi connectivity index (χ0v) is 14.4. The van der Waals surface area contributed by atoms with Gasteiger partial charge in [0.2, 0.25) is 0 Å². The monoisotopic (exact) mass is 383 g/mol. The summed E-state index contributed by atoms with van der Waals surface area (Å²) in [6.45, 7) is 0. The molecule has 0 amide bonds. The van der Waals surface area contributed by atoms with Crippen LogP contribution in [0, 0.1) is 0 Å². The van der Waals surface area contributed by atoms with Crippen LogP contribution >= 0.6 is 39.0 Å². The zero-order chi connectivity index (χ0) is 14.8. The second-order valence-electron chi connectivity index (χ2n) is 4.94. The van der Waals surface area contributed by atoms with Crippen molar-refractivity contribution in [3.63, 3.8) is 0 Å². The Morgan fingerprint density at radius 3 is 2.90 bits per heavy atom. The molecule has 3 rings (SSSR count). The normalized spacial score (nSPS) is 17.5. The molecule has 110 valence electrons. The number of carboxylic acid groups (broad SMARTS) is 1. The summed E-state index contributed by atoms with van der Waals surface area (Å²) in [6, 6.07) is 8.19. The zero-order valence-electron chi connectivity index (χ0n) is 11.2. The van der Waals surface area contributed by atoms with Crippen LogP contribution in [-0.2, 0) is 17.0 Å². The highest BCUT2D eigenvalue weighted by Gasteiger charge is 2.29. The van der Waals surface area contributed by atoms with Crippen LogP contribution in [0.15, 0.2) is 33.6 Å². The third-order valence-corrected chi connectivity index (χ3v) is 6.34. The van der Waals surface area contributed by atoms with E-state index >= 15 is 0 Å². The largest absolute Gasteiger partial charge is 0.481 e. The summed E-state index contributed by atoms with van der Waals surface area (Å²) in [7, 11) is 0. The third kappa shape index (κ3) is 3.49. The van der Waals surface area contributed by atoms with Crippen LogP contribution in [0.1, 0.15) is 34.3 Å². The smallest absolute Gasteiger partial charge is 0.312 e. The Balaban J connectivity index is 1.72. The Morgan fingerprint density at radius 2 is 2.19 bits per heavy atom. The van der Waals surface area contributed by atoms with Crippen LogP contribution < -0.4 is 0 Å². The van der Waals surface area contributed by atoms with Gasteiger partial charge in [-0.25, -0.2) is 4.98 Å². The van der Waals surface area contributed by atoms with Gasteiger partial charge in [-0.2, -0.15) is 0 Å². The second-order valence-corrected chi connectivity index (χ2v) is 8.07. The van der Waals surface area contributed by atoms with Gasteiger partial charge < -0.3 is 5.11 Å². The maximum atomic E-state index is 11.3. The molecule has 0 spiro atoms. The van der Waals surface area contributed by atoms with Crippen LogP contribution in [0.5, 0.6) is 0 Å². The summed E-state index contributed by atoms with van der Waals surface area (Å²) in [5.74, 6) is -0.351. The van der Waals surface area contributed by atoms with Gasteiger partial charge in [0.15, 0.2) is 0 Å². The lowest BCUT2D eigenvalue weighted by Crippen LogP contribution is -2.17. The number of fused-ring (bicyclic) bond motifs is 1. The van der Waals surface area contributed by atoms with Crippen LogP contribution in [0.25, 0.3) is 0 Å². The second kappa shape index (κ2) is 6.50. The number of hydrogen-bond donors (Lipinski definition) is 1. The van der Waals surface area contributed by atoms with Crippen molar-refractivity contribution in [1.82, 2.24) is 4.98 Å². The van der Waals surface area contributed by atoms with Gasteiger partial charge in [-0.3, -0.25) is 4.79 Å². The molecule has 0 radical (unpaired) electrons. The molecular formula is C15H14BrNO2S2. The van der Waals surface area contributed by atoms with Crippen LogP contribution in [0.3, 0.4) is 0 Å². The molecule has 1 unspecified atom stereocenters. The van der Waals surface area contributed by atoms with Gasteiger partial charge in [-0.15, -0.1) is 23.1 Å². The van der Waals surface area contributed by atoms with E-state index in [0.717, 1.165) is 33.8 Å². The number of thioether (sulfide) groups is 1. The summed E-state index contributed by atoms with van der Waals surface area (Å²) in [6.07, 6.45) is 2.64. The molecular weight excluding hydrogens is 370 g/mol. The fourth-order valence-electron chi connectivity index (χ4n) is 2.45. The van der Waals surface area contributed by atoms with E-state index in [1.807, 2.05) is 12.1 Å². The van der Waals surface area contributed by atoms with Gasteiger partial charge in [-0.1, -0.05) is 15.9 Å². The Labute approximate surface area is 139 Å². The lowest BCUT2D eigenvalue weighted by atomic mass is 9.91. The lowest BCUT2D eigenvalue weighted by Gasteiger charge is -2.16. The Hall–Kier alpha value is -0.850. The van der Waals surface area contributed by atoms with Crippen LogP contribution in [0.4, 0.5) is 0 Å². The molecule has 1 aliphatic rings. The maximum Gasteiger partial charge on any atom is 0.312 e. The van der Waals surface area contributed by atoms with E-state index in [0.29, 0.717) is 6.42 Å². The molecule has 2 aromatic rings. The summed E-state index contributed by atoms with van der Waals surface area (Å²) in [5, 5.41) is 10.3. The maximum absolute atomic E-state index is 11.3. The molecule has 1 heterocycles. The fraction of sp³-hybridized carbons (Fsp3) is 0.333. The van der Waals surface area contributed by atoms with E-state index in [-0.39, 0.29) is 0 Å². The predicted molar refractivity (Wildman–Crippen MR) is 89.1 cm³/mol. The van der Waals surface area contributed by atoms with Crippen LogP contribution in [0.2, 0.25) is 0 Å². The van der Waals surface area contributed by atoms with Crippen molar-refractivity contribution >= 4 is 45.0 Å². The summed E-state index contributed by atoms with van der Waals surface area (Å²) >= 11 is 6.83. The van der Waals surface area contributed by atoms with Crippen molar-refractivity contribution < 1.29 is 9.90 Å². The molecule has 0 saturated heterocycles. The molecule has 0 fully saturated rings. The van der Waals surface area contributed by atoms with Gasteiger partial charge in [0.1, 0.15) is 5.01 Å². The molecule has 0 aliphatic heterocycles. The van der Waals surface area contributed by atoms with Crippen molar-refractivity contribution in [3.8, 4) is 0 Å². The molecule has 0 saturated carbocycles. The molecule has 1 N–H and O–H groups in total. The highest BCUT2D eigenvalue weighted by atomic mass is 79.9. The number of aryl methyl sites for hydroxylation is 1. The molecule has 0 bridgehead atoms. The number of halogens is 1. The van der Waals surface area contributed by atoms with Gasteiger partial charge in [-0.05, 0) is 43.5 Å². The van der Waals surface area contributed by atoms with Crippen molar-refractivity contribution in [3.05, 3.63) is 44.3 Å². The number of carbonyl (C=O) groups is 1. The van der Waals surface area contributed by atoms with E-state index in [1.54, 1.807) is 23.1 Å². The number of thiazole rings is 1. The third-order valence-electron chi connectivity index (χ3n) is 3.47. The molecule has 1 atom stereocenters. The van der Waals surface area contributed by atoms with Crippen LogP contribution in [-0.4, -0.2) is 16.1 Å². The minimum Gasteiger partial charge on any atom is -0.481 e. The first kappa shape index (κ1) is 15.1. The molecule has 21 heavy (non-hydrogen) atoms. The highest BCUT2D eigenvalue weighted by Crippen LogP contribution is 2.36. The molecule has 1 aromatic heterocycles. The number of rotatable bonds is 4. The fourth-order valence-corrected chi connectivity index (χ4v) is 4.77. The van der Waals surface area contributed by atoms with E-state index in [2.05, 4.69) is 33.0 Å². The van der Waals surface area contributed by atoms with Gasteiger partial charge >= 0.3 is 5.97 Å². The Kier molecular flexibility index (Phi) is 4.66. The summed E-state index contributed by atoms with van der Waals surface area (Å²) < 4.78 is 1.07. The van der Waals surface area contributed by atoms with E-state index < -0.39 is 11.9 Å². The number of aromatic nitrogens is 1. The van der Waals surface area contributed by atoms with E-state index in [9.17, 15) is 9.90 Å². The van der Waals surface area contributed by atoms with E-state index in [4.69, 9.17) is 0 Å². The van der Waals surface area contributed by atoms with Gasteiger partial charge in [0.25, 0.3) is 0 Å². The molecule has 3 nitrogen and oxygen atoms in total. The van der Waals surface area contributed by atoms with Crippen molar-refractivity contribution in [2.45, 2.75) is 35.8 Å². The molecule has 6 heteroatoms. The van der Waals surface area contributed by atoms with Crippen molar-refractivity contribution in [1.29, 1.82) is 0 Å². The first-order valence-corrected chi connectivity index (χ1v) is 9.32. The van der Waals surface area contributed by atoms with Gasteiger partial charge in [0.05, 0.1) is 17.4 Å². The average molecular weight is 384 g/mol. The quantitative estimate of drug-likeness (QED) is 0.777. The average Bonchev–Trinajstić information content (AvgIpc) is 2.89. The number of nitrogens with zero attached hydrogens (tertiary/aromatic N) is 1. The highest BCUT2D eigenvalue weighted by molar-refractivity contribution is 9.10. The van der Waals surface area contributed by atoms with E-state index in [1.165, 1.54) is 9.77 Å². The minimum atomic E-state index is -0.742. The standard InChI is InChI=1S/C15H14BrNO2S2/c16-9-4-6-10(7-5-9)20-8-13-17-14-11(15(18)19)2-1-3-12(14)21-13/h4-7,11H,1-3,8H2,(H,18,19). The predicted octanol–water partition coefficient (Wildman–Crippen LogP) is 4.70. The first-order valence-electron chi connectivity index (χ1n) is 6.73. The van der Waals surface area contributed by atoms with Gasteiger partial charge in [0, 0.05) is 14.2 Å².